The largest absolute Gasteiger partial charge is 0.481 e. The number of esters is 1. The zero-order chi connectivity index (χ0) is 35.2. The molecule has 0 aromatic rings. The number of carbonyl (C=O) groups is 4. The van der Waals surface area contributed by atoms with Gasteiger partial charge in [-0.05, 0) is 57.1 Å². The van der Waals surface area contributed by atoms with E-state index in [4.69, 9.17) is 29.5 Å². The average Bonchev–Trinajstić information content (AvgIpc) is 3.37. The number of aliphatic hydroxyl groups excluding tert-OH is 1. The minimum Gasteiger partial charge on any atom is -0.481 e. The highest BCUT2D eigenvalue weighted by Crippen LogP contribution is 2.50. The summed E-state index contributed by atoms with van der Waals surface area (Å²) in [5, 5.41) is 37.4. The van der Waals surface area contributed by atoms with Crippen molar-refractivity contribution in [2.75, 3.05) is 0 Å². The van der Waals surface area contributed by atoms with E-state index >= 15 is 0 Å². The molecule has 1 spiro atoms. The maximum absolute atomic E-state index is 12.8. The first kappa shape index (κ1) is 39.6. The lowest BCUT2D eigenvalue weighted by Crippen LogP contribution is -2.50. The first-order valence-corrected chi connectivity index (χ1v) is 16.4. The van der Waals surface area contributed by atoms with Crippen LogP contribution in [0.3, 0.4) is 0 Å². The van der Waals surface area contributed by atoms with E-state index in [0.717, 1.165) is 37.0 Å². The van der Waals surface area contributed by atoms with Crippen LogP contribution in [-0.4, -0.2) is 74.0 Å². The second-order valence-corrected chi connectivity index (χ2v) is 12.8. The van der Waals surface area contributed by atoms with Gasteiger partial charge in [0.25, 0.3) is 0 Å². The Bertz CT molecular complexity index is 1250. The van der Waals surface area contributed by atoms with Crippen molar-refractivity contribution in [3.05, 3.63) is 59.8 Å². The minimum absolute atomic E-state index is 0.163. The number of carboxylic acid groups (broad SMARTS) is 3. The van der Waals surface area contributed by atoms with Crippen molar-refractivity contribution in [1.29, 1.82) is 0 Å². The zero-order valence-corrected chi connectivity index (χ0v) is 28.2. The molecule has 0 amide bonds. The highest BCUT2D eigenvalue weighted by Gasteiger charge is 2.56. The summed E-state index contributed by atoms with van der Waals surface area (Å²) in [6, 6.07) is 0. The Labute approximate surface area is 277 Å². The topological polar surface area (TPSA) is 177 Å². The molecule has 2 rings (SSSR count). The molecular formula is C36H52O11. The van der Waals surface area contributed by atoms with E-state index in [-0.39, 0.29) is 30.8 Å². The van der Waals surface area contributed by atoms with Crippen molar-refractivity contribution in [2.45, 2.75) is 129 Å². The van der Waals surface area contributed by atoms with Crippen molar-refractivity contribution in [2.24, 2.45) is 11.8 Å². The van der Waals surface area contributed by atoms with E-state index in [1.165, 1.54) is 6.08 Å². The second-order valence-electron chi connectivity index (χ2n) is 12.8. The fraction of sp³-hybridized carbons (Fsp3) is 0.611. The van der Waals surface area contributed by atoms with Crippen LogP contribution in [0.4, 0.5) is 0 Å². The van der Waals surface area contributed by atoms with Gasteiger partial charge in [0.15, 0.2) is 5.79 Å². The molecular weight excluding hydrogens is 608 g/mol. The first-order valence-electron chi connectivity index (χ1n) is 16.4. The summed E-state index contributed by atoms with van der Waals surface area (Å²) in [6.07, 6.45) is 15.0. The summed E-state index contributed by atoms with van der Waals surface area (Å²) in [7, 11) is 0. The van der Waals surface area contributed by atoms with Gasteiger partial charge in [-0.3, -0.25) is 9.59 Å². The molecule has 7 atom stereocenters. The van der Waals surface area contributed by atoms with Crippen LogP contribution in [0.15, 0.2) is 59.8 Å². The predicted octanol–water partition coefficient (Wildman–Crippen LogP) is 6.13. The number of hydrogen-bond acceptors (Lipinski definition) is 8. The van der Waals surface area contributed by atoms with Gasteiger partial charge < -0.3 is 34.6 Å². The number of aliphatic hydroxyl groups is 1. The molecule has 1 unspecified atom stereocenters. The summed E-state index contributed by atoms with van der Waals surface area (Å²) >= 11 is 0. The van der Waals surface area contributed by atoms with Gasteiger partial charge in [0, 0.05) is 30.9 Å². The Hall–Kier alpha value is -3.54. The molecule has 47 heavy (non-hydrogen) atoms. The maximum Gasteiger partial charge on any atom is 0.328 e. The summed E-state index contributed by atoms with van der Waals surface area (Å²) in [6.45, 7) is 9.46. The minimum atomic E-state index is -1.11. The summed E-state index contributed by atoms with van der Waals surface area (Å²) in [5.74, 6) is -4.99. The lowest BCUT2D eigenvalue weighted by molar-refractivity contribution is -0.308. The third-order valence-corrected chi connectivity index (χ3v) is 8.77. The van der Waals surface area contributed by atoms with Crippen LogP contribution in [0.2, 0.25) is 0 Å². The van der Waals surface area contributed by atoms with Gasteiger partial charge in [-0.25, -0.2) is 9.59 Å². The smallest absolute Gasteiger partial charge is 0.328 e. The number of rotatable bonds is 18. The molecule has 11 heteroatoms. The van der Waals surface area contributed by atoms with Crippen molar-refractivity contribution in [3.63, 3.8) is 0 Å². The highest BCUT2D eigenvalue weighted by atomic mass is 16.7. The Balaban J connectivity index is 2.28. The molecule has 0 bridgehead atoms. The van der Waals surface area contributed by atoms with E-state index in [9.17, 15) is 24.3 Å². The van der Waals surface area contributed by atoms with Gasteiger partial charge >= 0.3 is 23.9 Å². The average molecular weight is 661 g/mol. The molecule has 0 aliphatic carbocycles. The van der Waals surface area contributed by atoms with Crippen LogP contribution >= 0.6 is 0 Å². The molecule has 2 saturated heterocycles. The standard InChI is InChI=1S/C36H52O11/c1-6-7-19-35(30(14-10-25(3)23-33(42)43)45-34(44)17-16-32(40)41)21-22-36(47-35)20-18-27(5)29(46-36)13-9-24(2)8-12-28(37)26(4)11-15-31(38)39/h8-12,14-15,23,26-30,37H,6-7,13,16-22H2,1-5H3,(H,38,39)(H,40,41)(H,42,43)/b12-8+,14-10+,15-11+,24-9+,25-23+/t26-,27?,28-,29+,30+,35+,36-/m0/s1. The van der Waals surface area contributed by atoms with Crippen LogP contribution in [0.1, 0.15) is 98.8 Å². The lowest BCUT2D eigenvalue weighted by atomic mass is 9.85. The molecule has 2 aliphatic rings. The fourth-order valence-corrected chi connectivity index (χ4v) is 5.85. The van der Waals surface area contributed by atoms with E-state index in [0.29, 0.717) is 37.7 Å². The first-order chi connectivity index (χ1) is 22.1. The molecule has 4 N–H and O–H groups in total. The molecule has 2 heterocycles. The molecule has 0 saturated carbocycles. The quantitative estimate of drug-likeness (QED) is 0.0755. The number of allylic oxidation sites excluding steroid dienone is 4. The Morgan fingerprint density at radius 3 is 2.28 bits per heavy atom. The lowest BCUT2D eigenvalue weighted by Gasteiger charge is -2.44. The van der Waals surface area contributed by atoms with Crippen LogP contribution < -0.4 is 0 Å². The molecule has 262 valence electrons. The normalized spacial score (nSPS) is 27.4. The second kappa shape index (κ2) is 18.7. The molecule has 2 aliphatic heterocycles. The number of ether oxygens (including phenoxy) is 3. The van der Waals surface area contributed by atoms with Crippen molar-refractivity contribution in [1.82, 2.24) is 0 Å². The number of carboxylic acids is 3. The zero-order valence-electron chi connectivity index (χ0n) is 28.2. The molecule has 11 nitrogen and oxygen atoms in total. The SMILES string of the molecule is CCCC[C@]1([C@@H](/C=C/C(C)=C/C(=O)O)OC(=O)CCC(=O)O)CC[C@]2(CCC(C)[C@@H](C/C=C(C)/C=C/[C@H](O)[C@@H](C)/C=C/C(=O)O)O2)O1. The van der Waals surface area contributed by atoms with E-state index < -0.39 is 47.5 Å². The summed E-state index contributed by atoms with van der Waals surface area (Å²) in [5.41, 5.74) is 0.415. The summed E-state index contributed by atoms with van der Waals surface area (Å²) < 4.78 is 19.5. The Morgan fingerprint density at radius 2 is 1.64 bits per heavy atom. The molecule has 0 aromatic heterocycles. The van der Waals surface area contributed by atoms with Gasteiger partial charge in [0.05, 0.1) is 25.0 Å². The van der Waals surface area contributed by atoms with Crippen LogP contribution in [0, 0.1) is 11.8 Å². The van der Waals surface area contributed by atoms with Gasteiger partial charge in [0.2, 0.25) is 0 Å². The third kappa shape index (κ3) is 13.2. The van der Waals surface area contributed by atoms with Gasteiger partial charge in [0.1, 0.15) is 11.7 Å². The van der Waals surface area contributed by atoms with Crippen molar-refractivity contribution < 1.29 is 53.8 Å². The molecule has 0 aromatic carbocycles. The number of unbranched alkanes of at least 4 members (excludes halogenated alkanes) is 1. The van der Waals surface area contributed by atoms with Crippen LogP contribution in [0.5, 0.6) is 0 Å². The molecule has 0 radical (unpaired) electrons. The van der Waals surface area contributed by atoms with Gasteiger partial charge in [-0.2, -0.15) is 0 Å². The Morgan fingerprint density at radius 1 is 0.936 bits per heavy atom. The monoisotopic (exact) mass is 660 g/mol. The van der Waals surface area contributed by atoms with Gasteiger partial charge in [-0.1, -0.05) is 69.6 Å². The van der Waals surface area contributed by atoms with Crippen molar-refractivity contribution in [3.8, 4) is 0 Å². The van der Waals surface area contributed by atoms with Crippen LogP contribution in [0.25, 0.3) is 0 Å². The number of hydrogen-bond donors (Lipinski definition) is 4. The molecule has 2 fully saturated rings. The van der Waals surface area contributed by atoms with Crippen LogP contribution in [-0.2, 0) is 33.4 Å². The number of carbonyl (C=O) groups excluding carboxylic acids is 1. The fourth-order valence-electron chi connectivity index (χ4n) is 5.85. The van der Waals surface area contributed by atoms with E-state index in [1.54, 1.807) is 38.2 Å². The van der Waals surface area contributed by atoms with Gasteiger partial charge in [-0.15, -0.1) is 0 Å². The maximum atomic E-state index is 12.8. The van der Waals surface area contributed by atoms with E-state index in [2.05, 4.69) is 6.92 Å². The third-order valence-electron chi connectivity index (χ3n) is 8.77. The number of aliphatic carboxylic acids is 3. The Kier molecular flexibility index (Phi) is 15.8. The summed E-state index contributed by atoms with van der Waals surface area (Å²) in [4.78, 5) is 45.8. The predicted molar refractivity (Wildman–Crippen MR) is 175 cm³/mol. The van der Waals surface area contributed by atoms with E-state index in [1.807, 2.05) is 19.9 Å². The van der Waals surface area contributed by atoms with Crippen molar-refractivity contribution >= 4 is 23.9 Å². The highest BCUT2D eigenvalue weighted by molar-refractivity contribution is 5.81.